The molecule has 2 rings (SSSR count). The van der Waals surface area contributed by atoms with Crippen molar-refractivity contribution in [3.05, 3.63) is 28.8 Å². The molecular weight excluding hydrogens is 276 g/mol. The van der Waals surface area contributed by atoms with Crippen LogP contribution in [0.1, 0.15) is 18.4 Å². The molecule has 1 saturated heterocycles. The first kappa shape index (κ1) is 15.6. The highest BCUT2D eigenvalue weighted by molar-refractivity contribution is 6.30. The van der Waals surface area contributed by atoms with Gasteiger partial charge < -0.3 is 15.2 Å². The van der Waals surface area contributed by atoms with Crippen LogP contribution in [0.3, 0.4) is 0 Å². The van der Waals surface area contributed by atoms with Crippen molar-refractivity contribution in [2.75, 3.05) is 33.4 Å². The minimum Gasteiger partial charge on any atom is -0.496 e. The lowest BCUT2D eigenvalue weighted by atomic mass is 10.1. The highest BCUT2D eigenvalue weighted by Gasteiger charge is 2.20. The Balaban J connectivity index is 1.87. The zero-order valence-corrected chi connectivity index (χ0v) is 12.7. The fourth-order valence-electron chi connectivity index (χ4n) is 2.58. The molecule has 1 aliphatic heterocycles. The molecule has 0 bridgehead atoms. The van der Waals surface area contributed by atoms with Gasteiger partial charge in [0.2, 0.25) is 0 Å². The molecule has 1 fully saturated rings. The number of likely N-dealkylation sites (tertiary alicyclic amines) is 1. The maximum absolute atomic E-state index is 6.07. The van der Waals surface area contributed by atoms with Crippen LogP contribution in [-0.2, 0) is 11.3 Å². The van der Waals surface area contributed by atoms with Gasteiger partial charge in [-0.3, -0.25) is 4.90 Å². The Labute approximate surface area is 125 Å². The normalized spacial score (nSPS) is 17.4. The van der Waals surface area contributed by atoms with E-state index in [9.17, 15) is 0 Å². The number of ether oxygens (including phenoxy) is 2. The number of piperidine rings is 1. The van der Waals surface area contributed by atoms with Crippen LogP contribution in [0, 0.1) is 0 Å². The van der Waals surface area contributed by atoms with Crippen LogP contribution in [0.5, 0.6) is 5.75 Å². The zero-order chi connectivity index (χ0) is 14.4. The van der Waals surface area contributed by atoms with Crippen molar-refractivity contribution in [2.45, 2.75) is 25.5 Å². The molecule has 1 aromatic carbocycles. The molecule has 2 N–H and O–H groups in total. The fourth-order valence-corrected chi connectivity index (χ4v) is 2.78. The second kappa shape index (κ2) is 7.84. The Bertz CT molecular complexity index is 420. The molecule has 0 radical (unpaired) electrons. The summed E-state index contributed by atoms with van der Waals surface area (Å²) < 4.78 is 11.1. The van der Waals surface area contributed by atoms with Gasteiger partial charge in [-0.1, -0.05) is 11.6 Å². The van der Waals surface area contributed by atoms with Gasteiger partial charge in [-0.25, -0.2) is 0 Å². The second-order valence-corrected chi connectivity index (χ2v) is 5.53. The summed E-state index contributed by atoms with van der Waals surface area (Å²) in [6, 6.07) is 5.77. The topological polar surface area (TPSA) is 47.7 Å². The van der Waals surface area contributed by atoms with Gasteiger partial charge in [0.05, 0.1) is 19.8 Å². The van der Waals surface area contributed by atoms with E-state index in [-0.39, 0.29) is 0 Å². The average molecular weight is 299 g/mol. The molecule has 1 heterocycles. The van der Waals surface area contributed by atoms with Crippen LogP contribution < -0.4 is 10.5 Å². The first-order valence-corrected chi connectivity index (χ1v) is 7.47. The van der Waals surface area contributed by atoms with Gasteiger partial charge in [0.25, 0.3) is 0 Å². The Morgan fingerprint density at radius 1 is 1.35 bits per heavy atom. The Hall–Kier alpha value is -0.810. The van der Waals surface area contributed by atoms with Crippen LogP contribution in [0.25, 0.3) is 0 Å². The van der Waals surface area contributed by atoms with Crippen LogP contribution in [0.4, 0.5) is 0 Å². The molecule has 0 aliphatic carbocycles. The number of benzene rings is 1. The quantitative estimate of drug-likeness (QED) is 0.875. The predicted molar refractivity (Wildman–Crippen MR) is 81.3 cm³/mol. The molecule has 4 nitrogen and oxygen atoms in total. The number of methoxy groups -OCH3 is 1. The summed E-state index contributed by atoms with van der Waals surface area (Å²) in [6.07, 6.45) is 2.47. The van der Waals surface area contributed by atoms with E-state index in [1.165, 1.54) is 0 Å². The van der Waals surface area contributed by atoms with E-state index < -0.39 is 0 Å². The minimum atomic E-state index is 0.357. The van der Waals surface area contributed by atoms with Crippen LogP contribution >= 0.6 is 11.6 Å². The van der Waals surface area contributed by atoms with Gasteiger partial charge >= 0.3 is 0 Å². The molecule has 0 atom stereocenters. The van der Waals surface area contributed by atoms with Crippen LogP contribution in [0.15, 0.2) is 18.2 Å². The molecule has 1 aromatic rings. The third-order valence-corrected chi connectivity index (χ3v) is 3.88. The largest absolute Gasteiger partial charge is 0.496 e. The monoisotopic (exact) mass is 298 g/mol. The van der Waals surface area contributed by atoms with E-state index in [4.69, 9.17) is 26.8 Å². The van der Waals surface area contributed by atoms with Gasteiger partial charge in [-0.15, -0.1) is 0 Å². The molecule has 5 heteroatoms. The number of hydrogen-bond donors (Lipinski definition) is 1. The van der Waals surface area contributed by atoms with Gasteiger partial charge in [0.15, 0.2) is 0 Å². The van der Waals surface area contributed by atoms with Crippen molar-refractivity contribution in [1.82, 2.24) is 4.90 Å². The number of rotatable bonds is 6. The summed E-state index contributed by atoms with van der Waals surface area (Å²) in [7, 11) is 1.69. The van der Waals surface area contributed by atoms with Gasteiger partial charge in [-0.05, 0) is 31.0 Å². The first-order valence-electron chi connectivity index (χ1n) is 7.09. The zero-order valence-electron chi connectivity index (χ0n) is 12.0. The van der Waals surface area contributed by atoms with Crippen molar-refractivity contribution < 1.29 is 9.47 Å². The predicted octanol–water partition coefficient (Wildman–Crippen LogP) is 2.29. The summed E-state index contributed by atoms with van der Waals surface area (Å²) >= 11 is 6.07. The van der Waals surface area contributed by atoms with Gasteiger partial charge in [-0.2, -0.15) is 0 Å². The summed E-state index contributed by atoms with van der Waals surface area (Å²) in [5.41, 5.74) is 6.60. The van der Waals surface area contributed by atoms with Crippen molar-refractivity contribution in [3.8, 4) is 5.75 Å². The molecule has 112 valence electrons. The summed E-state index contributed by atoms with van der Waals surface area (Å²) in [4.78, 5) is 2.41. The molecule has 0 spiro atoms. The molecule has 0 saturated carbocycles. The standard InChI is InChI=1S/C15H23ClN2O2/c1-19-15-3-2-13(16)10-12(15)11-18-7-4-14(5-8-18)20-9-6-17/h2-3,10,14H,4-9,11,17H2,1H3. The SMILES string of the molecule is COc1ccc(Cl)cc1CN1CCC(OCCN)CC1. The highest BCUT2D eigenvalue weighted by atomic mass is 35.5. The smallest absolute Gasteiger partial charge is 0.123 e. The third kappa shape index (κ3) is 4.35. The van der Waals surface area contributed by atoms with E-state index in [0.29, 0.717) is 19.3 Å². The van der Waals surface area contributed by atoms with E-state index in [1.54, 1.807) is 7.11 Å². The van der Waals surface area contributed by atoms with Crippen molar-refractivity contribution in [3.63, 3.8) is 0 Å². The Kier molecular flexibility index (Phi) is 6.10. The Morgan fingerprint density at radius 3 is 2.75 bits per heavy atom. The summed E-state index contributed by atoms with van der Waals surface area (Å²) in [5, 5.41) is 0.752. The van der Waals surface area contributed by atoms with Crippen LogP contribution in [-0.4, -0.2) is 44.4 Å². The summed E-state index contributed by atoms with van der Waals surface area (Å²) in [5.74, 6) is 0.899. The lowest BCUT2D eigenvalue weighted by molar-refractivity contribution is 0.00967. The summed E-state index contributed by atoms with van der Waals surface area (Å²) in [6.45, 7) is 4.19. The lowest BCUT2D eigenvalue weighted by Crippen LogP contribution is -2.37. The Morgan fingerprint density at radius 2 is 2.10 bits per heavy atom. The van der Waals surface area contributed by atoms with E-state index in [0.717, 1.165) is 48.8 Å². The molecule has 0 aromatic heterocycles. The average Bonchev–Trinajstić information content (AvgIpc) is 2.47. The molecule has 0 amide bonds. The number of nitrogens with zero attached hydrogens (tertiary/aromatic N) is 1. The first-order chi connectivity index (χ1) is 9.72. The number of halogens is 1. The molecular formula is C15H23ClN2O2. The van der Waals surface area contributed by atoms with E-state index >= 15 is 0 Å². The van der Waals surface area contributed by atoms with Gasteiger partial charge in [0.1, 0.15) is 5.75 Å². The third-order valence-electron chi connectivity index (χ3n) is 3.64. The molecule has 1 aliphatic rings. The number of hydrogen-bond acceptors (Lipinski definition) is 4. The van der Waals surface area contributed by atoms with E-state index in [2.05, 4.69) is 4.90 Å². The van der Waals surface area contributed by atoms with Crippen molar-refractivity contribution in [2.24, 2.45) is 5.73 Å². The molecule has 20 heavy (non-hydrogen) atoms. The lowest BCUT2D eigenvalue weighted by Gasteiger charge is -2.32. The van der Waals surface area contributed by atoms with E-state index in [1.807, 2.05) is 18.2 Å². The number of nitrogens with two attached hydrogens (primary N) is 1. The minimum absolute atomic E-state index is 0.357. The maximum atomic E-state index is 6.07. The van der Waals surface area contributed by atoms with Gasteiger partial charge in [0, 0.05) is 36.8 Å². The molecule has 0 unspecified atom stereocenters. The van der Waals surface area contributed by atoms with Crippen molar-refractivity contribution >= 4 is 11.6 Å². The highest BCUT2D eigenvalue weighted by Crippen LogP contribution is 2.25. The van der Waals surface area contributed by atoms with Crippen molar-refractivity contribution in [1.29, 1.82) is 0 Å². The second-order valence-electron chi connectivity index (χ2n) is 5.09. The van der Waals surface area contributed by atoms with Crippen LogP contribution in [0.2, 0.25) is 5.02 Å². The fraction of sp³-hybridized carbons (Fsp3) is 0.600. The maximum Gasteiger partial charge on any atom is 0.123 e.